The minimum absolute atomic E-state index is 0.0287. The minimum atomic E-state index is -0.866. The van der Waals surface area contributed by atoms with Crippen molar-refractivity contribution in [2.24, 2.45) is 0 Å². The van der Waals surface area contributed by atoms with Gasteiger partial charge < -0.3 is 19.9 Å². The van der Waals surface area contributed by atoms with E-state index in [-0.39, 0.29) is 23.7 Å². The number of carbonyl (C=O) groups is 2. The van der Waals surface area contributed by atoms with Gasteiger partial charge >= 0.3 is 6.03 Å². The topological polar surface area (TPSA) is 61.9 Å². The van der Waals surface area contributed by atoms with Crippen LogP contribution >= 0.6 is 0 Å². The van der Waals surface area contributed by atoms with Crippen molar-refractivity contribution in [3.05, 3.63) is 23.8 Å². The first-order valence-electron chi connectivity index (χ1n) is 8.36. The normalized spacial score (nSPS) is 20.0. The fourth-order valence-corrected chi connectivity index (χ4v) is 3.23. The Hall–Kier alpha value is -2.38. The Balaban J connectivity index is 1.66. The lowest BCUT2D eigenvalue weighted by Crippen LogP contribution is -2.54. The van der Waals surface area contributed by atoms with E-state index in [9.17, 15) is 18.4 Å². The molecule has 3 amide bonds. The average Bonchev–Trinajstić information content (AvgIpc) is 2.91. The Morgan fingerprint density at radius 2 is 1.96 bits per heavy atom. The molecule has 0 spiro atoms. The second-order valence-corrected chi connectivity index (χ2v) is 6.59. The molecule has 0 saturated carbocycles. The summed E-state index contributed by atoms with van der Waals surface area (Å²) >= 11 is 0. The Bertz CT molecular complexity index is 673. The van der Waals surface area contributed by atoms with Crippen LogP contribution in [0.15, 0.2) is 12.1 Å². The number of nitrogens with zero attached hydrogens (tertiary/aromatic N) is 2. The second-order valence-electron chi connectivity index (χ2n) is 6.59. The van der Waals surface area contributed by atoms with Gasteiger partial charge in [-0.05, 0) is 20.3 Å². The monoisotopic (exact) mass is 353 g/mol. The van der Waals surface area contributed by atoms with Crippen LogP contribution in [0.4, 0.5) is 19.3 Å². The molecule has 3 rings (SSSR count). The van der Waals surface area contributed by atoms with Crippen LogP contribution in [-0.4, -0.2) is 53.5 Å². The van der Waals surface area contributed by atoms with E-state index in [2.05, 4.69) is 5.32 Å². The van der Waals surface area contributed by atoms with Crippen LogP contribution in [0.3, 0.4) is 0 Å². The zero-order valence-electron chi connectivity index (χ0n) is 14.2. The molecule has 136 valence electrons. The van der Waals surface area contributed by atoms with Crippen LogP contribution in [0.25, 0.3) is 0 Å². The lowest BCUT2D eigenvalue weighted by Gasteiger charge is -2.37. The lowest BCUT2D eigenvalue weighted by molar-refractivity contribution is -0.130. The lowest BCUT2D eigenvalue weighted by atomic mass is 10.1. The van der Waals surface area contributed by atoms with E-state index in [1.54, 1.807) is 23.6 Å². The van der Waals surface area contributed by atoms with Crippen molar-refractivity contribution in [1.29, 1.82) is 0 Å². The molecule has 0 radical (unpaired) electrons. The Labute approximate surface area is 144 Å². The van der Waals surface area contributed by atoms with Crippen LogP contribution in [0, 0.1) is 11.6 Å². The zero-order chi connectivity index (χ0) is 18.1. The highest BCUT2D eigenvalue weighted by Gasteiger charge is 2.36. The molecular weight excluding hydrogens is 332 g/mol. The summed E-state index contributed by atoms with van der Waals surface area (Å²) in [6.07, 6.45) is 0.871. The van der Waals surface area contributed by atoms with Crippen LogP contribution in [0.2, 0.25) is 0 Å². The molecule has 2 fully saturated rings. The summed E-state index contributed by atoms with van der Waals surface area (Å²) in [5.74, 6) is -2.06. The summed E-state index contributed by atoms with van der Waals surface area (Å²) in [4.78, 5) is 27.4. The molecule has 1 unspecified atom stereocenters. The highest BCUT2D eigenvalue weighted by atomic mass is 19.1. The van der Waals surface area contributed by atoms with Gasteiger partial charge in [-0.3, -0.25) is 4.79 Å². The van der Waals surface area contributed by atoms with Crippen LogP contribution in [0.1, 0.15) is 26.7 Å². The van der Waals surface area contributed by atoms with Crippen LogP contribution in [0.5, 0.6) is 5.75 Å². The van der Waals surface area contributed by atoms with Gasteiger partial charge in [-0.1, -0.05) is 0 Å². The maximum Gasteiger partial charge on any atom is 0.321 e. The summed E-state index contributed by atoms with van der Waals surface area (Å²) in [5.41, 5.74) is 0.0287. The predicted octanol–water partition coefficient (Wildman–Crippen LogP) is 2.59. The van der Waals surface area contributed by atoms with Gasteiger partial charge in [0.2, 0.25) is 5.91 Å². The van der Waals surface area contributed by atoms with E-state index >= 15 is 0 Å². The number of ether oxygens (including phenoxy) is 1. The van der Waals surface area contributed by atoms with Crippen molar-refractivity contribution in [2.75, 3.05) is 25.0 Å². The average molecular weight is 353 g/mol. The second kappa shape index (κ2) is 6.85. The number of fused-ring (bicyclic) bond motifs is 1. The molecule has 0 bridgehead atoms. The number of hydrogen-bond donors (Lipinski definition) is 1. The van der Waals surface area contributed by atoms with Gasteiger partial charge in [0.05, 0.1) is 6.10 Å². The predicted molar refractivity (Wildman–Crippen MR) is 87.4 cm³/mol. The molecule has 2 heterocycles. The number of hydrogen-bond acceptors (Lipinski definition) is 3. The highest BCUT2D eigenvalue weighted by Crippen LogP contribution is 2.27. The van der Waals surface area contributed by atoms with Gasteiger partial charge in [0.1, 0.15) is 0 Å². The zero-order valence-corrected chi connectivity index (χ0v) is 14.2. The maximum absolute atomic E-state index is 14.0. The van der Waals surface area contributed by atoms with Crippen molar-refractivity contribution in [2.45, 2.75) is 38.8 Å². The van der Waals surface area contributed by atoms with Gasteiger partial charge in [0, 0.05) is 49.9 Å². The van der Waals surface area contributed by atoms with E-state index in [1.165, 1.54) is 0 Å². The molecule has 2 aliphatic rings. The summed E-state index contributed by atoms with van der Waals surface area (Å²) in [6.45, 7) is 4.65. The first-order valence-corrected chi connectivity index (χ1v) is 8.36. The van der Waals surface area contributed by atoms with Crippen molar-refractivity contribution in [3.63, 3.8) is 0 Å². The number of halogens is 2. The number of anilines is 1. The molecule has 1 N–H and O–H groups in total. The number of benzene rings is 1. The van der Waals surface area contributed by atoms with Gasteiger partial charge in [-0.15, -0.1) is 0 Å². The fraction of sp³-hybridized carbons (Fsp3) is 0.529. The SMILES string of the molecule is CC(C)Oc1c(F)cc(NC(=O)N2CCN3C(=O)CCC3C2)cc1F. The first kappa shape index (κ1) is 17.4. The molecule has 1 aromatic carbocycles. The molecule has 1 atom stereocenters. The van der Waals surface area contributed by atoms with E-state index in [1.807, 2.05) is 0 Å². The van der Waals surface area contributed by atoms with E-state index in [4.69, 9.17) is 4.74 Å². The Morgan fingerprint density at radius 1 is 1.28 bits per heavy atom. The molecule has 6 nitrogen and oxygen atoms in total. The van der Waals surface area contributed by atoms with E-state index in [0.717, 1.165) is 18.6 Å². The van der Waals surface area contributed by atoms with Crippen molar-refractivity contribution in [3.8, 4) is 5.75 Å². The summed E-state index contributed by atoms with van der Waals surface area (Å²) in [5, 5.41) is 2.51. The fourth-order valence-electron chi connectivity index (χ4n) is 3.23. The number of rotatable bonds is 3. The highest BCUT2D eigenvalue weighted by molar-refractivity contribution is 5.90. The van der Waals surface area contributed by atoms with Gasteiger partial charge in [0.15, 0.2) is 17.4 Å². The third-order valence-corrected chi connectivity index (χ3v) is 4.38. The molecule has 0 aromatic heterocycles. The Morgan fingerprint density at radius 3 is 2.60 bits per heavy atom. The van der Waals surface area contributed by atoms with E-state index < -0.39 is 23.4 Å². The van der Waals surface area contributed by atoms with Crippen molar-refractivity contribution in [1.82, 2.24) is 9.80 Å². The first-order chi connectivity index (χ1) is 11.8. The van der Waals surface area contributed by atoms with Crippen LogP contribution < -0.4 is 10.1 Å². The standard InChI is InChI=1S/C17H21F2N3O3/c1-10(2)25-16-13(18)7-11(8-14(16)19)20-17(24)21-5-6-22-12(9-21)3-4-15(22)23/h7-8,10,12H,3-6,9H2,1-2H3,(H,20,24). The molecule has 2 saturated heterocycles. The van der Waals surface area contributed by atoms with Gasteiger partial charge in [-0.25, -0.2) is 13.6 Å². The molecule has 0 aliphatic carbocycles. The summed E-state index contributed by atoms with van der Waals surface area (Å²) in [6, 6.07) is 1.67. The molecular formula is C17H21F2N3O3. The summed E-state index contributed by atoms with van der Waals surface area (Å²) in [7, 11) is 0. The smallest absolute Gasteiger partial charge is 0.321 e. The number of urea groups is 1. The van der Waals surface area contributed by atoms with Crippen molar-refractivity contribution < 1.29 is 23.1 Å². The van der Waals surface area contributed by atoms with Crippen LogP contribution in [-0.2, 0) is 4.79 Å². The molecule has 8 heteroatoms. The molecule has 1 aromatic rings. The van der Waals surface area contributed by atoms with Gasteiger partial charge in [0.25, 0.3) is 0 Å². The number of nitrogens with one attached hydrogen (secondary N) is 1. The molecule has 2 aliphatic heterocycles. The molecule has 25 heavy (non-hydrogen) atoms. The number of amides is 3. The summed E-state index contributed by atoms with van der Waals surface area (Å²) < 4.78 is 33.1. The third kappa shape index (κ3) is 3.67. The Kier molecular flexibility index (Phi) is 4.78. The van der Waals surface area contributed by atoms with Crippen molar-refractivity contribution >= 4 is 17.6 Å². The number of carbonyl (C=O) groups excluding carboxylic acids is 2. The number of piperazine rings is 1. The third-order valence-electron chi connectivity index (χ3n) is 4.38. The van der Waals surface area contributed by atoms with Gasteiger partial charge in [-0.2, -0.15) is 0 Å². The minimum Gasteiger partial charge on any atom is -0.485 e. The van der Waals surface area contributed by atoms with E-state index in [0.29, 0.717) is 26.1 Å². The largest absolute Gasteiger partial charge is 0.485 e. The quantitative estimate of drug-likeness (QED) is 0.909. The maximum atomic E-state index is 14.0.